The predicted molar refractivity (Wildman–Crippen MR) is 67.9 cm³/mol. The Bertz CT molecular complexity index is 495. The minimum absolute atomic E-state index is 0.0514. The van der Waals surface area contributed by atoms with Crippen molar-refractivity contribution < 1.29 is 9.72 Å². The maximum Gasteiger partial charge on any atom is 0.270 e. The fraction of sp³-hybridized carbons (Fsp3) is 0.417. The number of non-ortho nitro benzene ring substituents is 1. The van der Waals surface area contributed by atoms with Crippen LogP contribution in [0.25, 0.3) is 0 Å². The molecule has 1 heterocycles. The monoisotopic (exact) mass is 249 g/mol. The maximum absolute atomic E-state index is 12.2. The van der Waals surface area contributed by atoms with Crippen LogP contribution in [-0.2, 0) is 0 Å². The molecule has 0 bridgehead atoms. The molecule has 0 aliphatic carbocycles. The number of benzene rings is 1. The highest BCUT2D eigenvalue weighted by atomic mass is 16.6. The van der Waals surface area contributed by atoms with Gasteiger partial charge in [0.1, 0.15) is 0 Å². The Balaban J connectivity index is 2.42. The van der Waals surface area contributed by atoms with E-state index in [1.165, 1.54) is 12.1 Å². The summed E-state index contributed by atoms with van der Waals surface area (Å²) >= 11 is 0. The summed E-state index contributed by atoms with van der Waals surface area (Å²) in [5, 5.41) is 10.8. The van der Waals surface area contributed by atoms with E-state index in [9.17, 15) is 14.9 Å². The second-order valence-corrected chi connectivity index (χ2v) is 4.50. The first-order valence-corrected chi connectivity index (χ1v) is 5.76. The number of hydrogen-bond donors (Lipinski definition) is 0. The molecule has 1 aliphatic heterocycles. The molecule has 0 unspecified atom stereocenters. The van der Waals surface area contributed by atoms with Crippen molar-refractivity contribution in [2.45, 2.75) is 6.42 Å². The van der Waals surface area contributed by atoms with Crippen LogP contribution in [0.15, 0.2) is 18.2 Å². The summed E-state index contributed by atoms with van der Waals surface area (Å²) in [6.45, 7) is 1.46. The topological polar surface area (TPSA) is 66.7 Å². The van der Waals surface area contributed by atoms with Crippen molar-refractivity contribution >= 4 is 17.3 Å². The Morgan fingerprint density at radius 1 is 1.39 bits per heavy atom. The van der Waals surface area contributed by atoms with Crippen LogP contribution in [0.3, 0.4) is 0 Å². The Hall–Kier alpha value is -2.11. The zero-order chi connectivity index (χ0) is 13.3. The van der Waals surface area contributed by atoms with E-state index < -0.39 is 4.92 Å². The number of hydrogen-bond acceptors (Lipinski definition) is 4. The predicted octanol–water partition coefficient (Wildman–Crippen LogP) is 1.51. The molecular weight excluding hydrogens is 234 g/mol. The summed E-state index contributed by atoms with van der Waals surface area (Å²) in [5.74, 6) is -0.131. The maximum atomic E-state index is 12.2. The Kier molecular flexibility index (Phi) is 3.18. The molecule has 18 heavy (non-hydrogen) atoms. The van der Waals surface area contributed by atoms with Gasteiger partial charge >= 0.3 is 0 Å². The van der Waals surface area contributed by atoms with E-state index in [0.29, 0.717) is 11.3 Å². The third kappa shape index (κ3) is 2.13. The number of nitro groups is 1. The van der Waals surface area contributed by atoms with Crippen LogP contribution < -0.4 is 4.90 Å². The lowest BCUT2D eigenvalue weighted by atomic mass is 10.1. The molecular formula is C12H15N3O3. The molecule has 0 aromatic heterocycles. The smallest absolute Gasteiger partial charge is 0.270 e. The fourth-order valence-electron chi connectivity index (χ4n) is 1.89. The Morgan fingerprint density at radius 3 is 2.50 bits per heavy atom. The van der Waals surface area contributed by atoms with Crippen LogP contribution in [0.5, 0.6) is 0 Å². The van der Waals surface area contributed by atoms with Crippen LogP contribution >= 0.6 is 0 Å². The molecule has 1 aliphatic rings. The largest absolute Gasteiger partial charge is 0.377 e. The average Bonchev–Trinajstić information content (AvgIpc) is 2.25. The minimum Gasteiger partial charge on any atom is -0.377 e. The molecule has 1 aromatic carbocycles. The van der Waals surface area contributed by atoms with Gasteiger partial charge in [-0.15, -0.1) is 0 Å². The molecule has 0 saturated carbocycles. The second-order valence-electron chi connectivity index (χ2n) is 4.50. The van der Waals surface area contributed by atoms with Crippen LogP contribution in [0.1, 0.15) is 16.8 Å². The van der Waals surface area contributed by atoms with Gasteiger partial charge in [-0.3, -0.25) is 14.9 Å². The third-order valence-electron chi connectivity index (χ3n) is 3.05. The van der Waals surface area contributed by atoms with Gasteiger partial charge in [0, 0.05) is 45.0 Å². The molecule has 1 amide bonds. The van der Waals surface area contributed by atoms with Crippen LogP contribution in [0, 0.1) is 10.1 Å². The van der Waals surface area contributed by atoms with Gasteiger partial charge in [0.15, 0.2) is 0 Å². The molecule has 0 spiro atoms. The van der Waals surface area contributed by atoms with Crippen molar-refractivity contribution in [1.29, 1.82) is 0 Å². The quantitative estimate of drug-likeness (QED) is 0.601. The lowest BCUT2D eigenvalue weighted by molar-refractivity contribution is -0.384. The fourth-order valence-corrected chi connectivity index (χ4v) is 1.89. The van der Waals surface area contributed by atoms with Gasteiger partial charge in [-0.1, -0.05) is 0 Å². The molecule has 6 heteroatoms. The second kappa shape index (κ2) is 4.64. The first-order valence-electron chi connectivity index (χ1n) is 5.76. The molecule has 96 valence electrons. The Labute approximate surface area is 105 Å². The van der Waals surface area contributed by atoms with E-state index in [4.69, 9.17) is 0 Å². The molecule has 1 aromatic rings. The normalized spacial score (nSPS) is 14.0. The standard InChI is InChI=1S/C12H15N3O3/c1-13(2)11-5-4-9(15(17)18)8-10(11)12(16)14-6-3-7-14/h4-5,8H,3,6-7H2,1-2H3. The zero-order valence-electron chi connectivity index (χ0n) is 10.4. The van der Waals surface area contributed by atoms with Crippen LogP contribution in [-0.4, -0.2) is 42.9 Å². The highest BCUT2D eigenvalue weighted by Crippen LogP contribution is 2.26. The average molecular weight is 249 g/mol. The van der Waals surface area contributed by atoms with Crippen molar-refractivity contribution in [3.8, 4) is 0 Å². The molecule has 1 saturated heterocycles. The zero-order valence-corrected chi connectivity index (χ0v) is 10.4. The van der Waals surface area contributed by atoms with Gasteiger partial charge in [-0.05, 0) is 12.5 Å². The highest BCUT2D eigenvalue weighted by Gasteiger charge is 2.26. The van der Waals surface area contributed by atoms with Gasteiger partial charge in [0.05, 0.1) is 10.5 Å². The van der Waals surface area contributed by atoms with E-state index in [1.807, 2.05) is 14.1 Å². The summed E-state index contributed by atoms with van der Waals surface area (Å²) in [7, 11) is 3.63. The van der Waals surface area contributed by atoms with E-state index in [0.717, 1.165) is 19.5 Å². The number of nitrogens with zero attached hydrogens (tertiary/aromatic N) is 3. The lowest BCUT2D eigenvalue weighted by Crippen LogP contribution is -2.42. The van der Waals surface area contributed by atoms with Gasteiger partial charge in [0.2, 0.25) is 0 Å². The lowest BCUT2D eigenvalue weighted by Gasteiger charge is -2.32. The van der Waals surface area contributed by atoms with Crippen molar-refractivity contribution in [3.05, 3.63) is 33.9 Å². The van der Waals surface area contributed by atoms with E-state index >= 15 is 0 Å². The first-order chi connectivity index (χ1) is 8.50. The van der Waals surface area contributed by atoms with Gasteiger partial charge < -0.3 is 9.80 Å². The van der Waals surface area contributed by atoms with Gasteiger partial charge in [-0.2, -0.15) is 0 Å². The summed E-state index contributed by atoms with van der Waals surface area (Å²) in [4.78, 5) is 26.0. The van der Waals surface area contributed by atoms with E-state index in [1.54, 1.807) is 15.9 Å². The van der Waals surface area contributed by atoms with Crippen LogP contribution in [0.2, 0.25) is 0 Å². The number of amides is 1. The highest BCUT2D eigenvalue weighted by molar-refractivity contribution is 6.00. The van der Waals surface area contributed by atoms with Gasteiger partial charge in [-0.25, -0.2) is 0 Å². The summed E-state index contributed by atoms with van der Waals surface area (Å²) in [5.41, 5.74) is 1.05. The van der Waals surface area contributed by atoms with Gasteiger partial charge in [0.25, 0.3) is 11.6 Å². The first kappa shape index (κ1) is 12.3. The number of anilines is 1. The van der Waals surface area contributed by atoms with Crippen LogP contribution in [0.4, 0.5) is 11.4 Å². The molecule has 1 fully saturated rings. The number of likely N-dealkylation sites (tertiary alicyclic amines) is 1. The SMILES string of the molecule is CN(C)c1ccc([N+](=O)[O-])cc1C(=O)N1CCC1. The number of rotatable bonds is 3. The molecule has 6 nitrogen and oxygen atoms in total. The molecule has 0 N–H and O–H groups in total. The van der Waals surface area contributed by atoms with Crippen molar-refractivity contribution in [2.75, 3.05) is 32.1 Å². The Morgan fingerprint density at radius 2 is 2.06 bits per heavy atom. The number of carbonyl (C=O) groups excluding carboxylic acids is 1. The van der Waals surface area contributed by atoms with Crippen molar-refractivity contribution in [1.82, 2.24) is 4.90 Å². The third-order valence-corrected chi connectivity index (χ3v) is 3.05. The van der Waals surface area contributed by atoms with Crippen molar-refractivity contribution in [2.24, 2.45) is 0 Å². The number of nitro benzene ring substituents is 1. The summed E-state index contributed by atoms with van der Waals surface area (Å²) < 4.78 is 0. The van der Waals surface area contributed by atoms with Crippen molar-refractivity contribution in [3.63, 3.8) is 0 Å². The summed E-state index contributed by atoms with van der Waals surface area (Å²) in [6, 6.07) is 4.39. The summed E-state index contributed by atoms with van der Waals surface area (Å²) in [6.07, 6.45) is 0.998. The molecule has 0 radical (unpaired) electrons. The minimum atomic E-state index is -0.480. The number of carbonyl (C=O) groups is 1. The molecule has 2 rings (SSSR count). The molecule has 0 atom stereocenters. The van der Waals surface area contributed by atoms with E-state index in [2.05, 4.69) is 0 Å². The van der Waals surface area contributed by atoms with E-state index in [-0.39, 0.29) is 11.6 Å².